The van der Waals surface area contributed by atoms with Crippen molar-refractivity contribution in [2.24, 2.45) is 5.73 Å². The summed E-state index contributed by atoms with van der Waals surface area (Å²) >= 11 is 0. The zero-order valence-electron chi connectivity index (χ0n) is 14.7. The van der Waals surface area contributed by atoms with Crippen LogP contribution in [0.25, 0.3) is 16.9 Å². The van der Waals surface area contributed by atoms with Gasteiger partial charge in [0.1, 0.15) is 18.1 Å². The monoisotopic (exact) mass is 375 g/mol. The highest BCUT2D eigenvalue weighted by atomic mass is 35.5. The van der Waals surface area contributed by atoms with Crippen molar-refractivity contribution in [1.82, 2.24) is 9.78 Å². The van der Waals surface area contributed by atoms with E-state index in [9.17, 15) is 0 Å². The summed E-state index contributed by atoms with van der Waals surface area (Å²) in [6.45, 7) is 0.986. The van der Waals surface area contributed by atoms with Crippen molar-refractivity contribution in [2.75, 3.05) is 27.4 Å². The van der Waals surface area contributed by atoms with Gasteiger partial charge in [-0.3, -0.25) is 0 Å². The van der Waals surface area contributed by atoms with E-state index in [1.165, 1.54) is 0 Å². The molecule has 7 heteroatoms. The molecule has 0 unspecified atom stereocenters. The minimum atomic E-state index is 0. The molecule has 1 aromatic heterocycles. The van der Waals surface area contributed by atoms with Gasteiger partial charge in [-0.15, -0.1) is 17.5 Å². The predicted octanol–water partition coefficient (Wildman–Crippen LogP) is 3.32. The third kappa shape index (κ3) is 4.28. The van der Waals surface area contributed by atoms with Crippen molar-refractivity contribution < 1.29 is 14.2 Å². The molecular weight excluding hydrogens is 354 g/mol. The number of hydrogen-bond donors (Lipinski definition) is 1. The number of rotatable bonds is 7. The minimum Gasteiger partial charge on any atom is -0.497 e. The van der Waals surface area contributed by atoms with Crippen molar-refractivity contribution in [2.45, 2.75) is 0 Å². The summed E-state index contributed by atoms with van der Waals surface area (Å²) in [7, 11) is 3.25. The van der Waals surface area contributed by atoms with Crippen LogP contribution in [0.5, 0.6) is 17.4 Å². The number of ether oxygens (including phenoxy) is 3. The lowest BCUT2D eigenvalue weighted by molar-refractivity contribution is 0.328. The Labute approximate surface area is 158 Å². The molecule has 0 aliphatic rings. The van der Waals surface area contributed by atoms with Crippen LogP contribution in [0.4, 0.5) is 0 Å². The molecule has 0 amide bonds. The van der Waals surface area contributed by atoms with Crippen LogP contribution in [-0.4, -0.2) is 37.2 Å². The SMILES string of the molecule is COc1ccc(-n2nc(OC)cc2-c2ccc(OCCN)cc2)cc1.Cl. The van der Waals surface area contributed by atoms with Crippen LogP contribution in [0.3, 0.4) is 0 Å². The maximum Gasteiger partial charge on any atom is 0.233 e. The van der Waals surface area contributed by atoms with E-state index >= 15 is 0 Å². The third-order valence-corrected chi connectivity index (χ3v) is 3.75. The van der Waals surface area contributed by atoms with E-state index in [0.29, 0.717) is 19.0 Å². The molecule has 2 N–H and O–H groups in total. The van der Waals surface area contributed by atoms with Gasteiger partial charge in [0.05, 0.1) is 25.6 Å². The molecule has 2 aromatic carbocycles. The molecule has 1 heterocycles. The molecule has 138 valence electrons. The van der Waals surface area contributed by atoms with E-state index < -0.39 is 0 Å². The van der Waals surface area contributed by atoms with Gasteiger partial charge in [-0.25, -0.2) is 4.68 Å². The molecule has 0 aliphatic carbocycles. The summed E-state index contributed by atoms with van der Waals surface area (Å²) < 4.78 is 17.9. The van der Waals surface area contributed by atoms with E-state index in [4.69, 9.17) is 19.9 Å². The highest BCUT2D eigenvalue weighted by Crippen LogP contribution is 2.29. The molecule has 26 heavy (non-hydrogen) atoms. The normalized spacial score (nSPS) is 10.1. The average molecular weight is 376 g/mol. The average Bonchev–Trinajstić information content (AvgIpc) is 3.11. The first-order valence-electron chi connectivity index (χ1n) is 7.97. The van der Waals surface area contributed by atoms with Crippen LogP contribution in [-0.2, 0) is 0 Å². The Morgan fingerprint density at radius 3 is 2.15 bits per heavy atom. The lowest BCUT2D eigenvalue weighted by Gasteiger charge is -2.09. The lowest BCUT2D eigenvalue weighted by atomic mass is 10.1. The number of hydrogen-bond acceptors (Lipinski definition) is 5. The van der Waals surface area contributed by atoms with Crippen LogP contribution >= 0.6 is 12.4 Å². The Balaban J connectivity index is 0.00000243. The van der Waals surface area contributed by atoms with Crippen LogP contribution in [0.1, 0.15) is 0 Å². The first-order chi connectivity index (χ1) is 12.2. The zero-order valence-corrected chi connectivity index (χ0v) is 15.5. The quantitative estimate of drug-likeness (QED) is 0.686. The van der Waals surface area contributed by atoms with Crippen LogP contribution in [0.2, 0.25) is 0 Å². The second kappa shape index (κ2) is 9.12. The number of benzene rings is 2. The second-order valence-corrected chi connectivity index (χ2v) is 5.34. The lowest BCUT2D eigenvalue weighted by Crippen LogP contribution is -2.10. The van der Waals surface area contributed by atoms with Gasteiger partial charge in [0, 0.05) is 18.2 Å². The van der Waals surface area contributed by atoms with Gasteiger partial charge in [-0.2, -0.15) is 0 Å². The van der Waals surface area contributed by atoms with Gasteiger partial charge in [0.2, 0.25) is 5.88 Å². The summed E-state index contributed by atoms with van der Waals surface area (Å²) in [5, 5.41) is 4.51. The van der Waals surface area contributed by atoms with Crippen molar-refractivity contribution in [3.63, 3.8) is 0 Å². The first kappa shape index (κ1) is 19.6. The molecule has 3 aromatic rings. The Hall–Kier alpha value is -2.70. The Morgan fingerprint density at radius 2 is 1.58 bits per heavy atom. The summed E-state index contributed by atoms with van der Waals surface area (Å²) in [6, 6.07) is 17.4. The fourth-order valence-corrected chi connectivity index (χ4v) is 2.48. The van der Waals surface area contributed by atoms with Crippen molar-refractivity contribution >= 4 is 12.4 Å². The summed E-state index contributed by atoms with van der Waals surface area (Å²) in [4.78, 5) is 0. The molecule has 0 saturated carbocycles. The molecule has 0 radical (unpaired) electrons. The van der Waals surface area contributed by atoms with Crippen LogP contribution < -0.4 is 19.9 Å². The Bertz CT molecular complexity index is 817. The topological polar surface area (TPSA) is 71.5 Å². The molecule has 0 fully saturated rings. The molecule has 0 aliphatic heterocycles. The highest BCUT2D eigenvalue weighted by Gasteiger charge is 2.12. The number of aromatic nitrogens is 2. The van der Waals surface area contributed by atoms with Crippen molar-refractivity contribution in [3.8, 4) is 34.3 Å². The van der Waals surface area contributed by atoms with E-state index in [-0.39, 0.29) is 12.4 Å². The van der Waals surface area contributed by atoms with Crippen molar-refractivity contribution in [3.05, 3.63) is 54.6 Å². The number of halogens is 1. The molecule has 3 rings (SSSR count). The van der Waals surface area contributed by atoms with Gasteiger partial charge >= 0.3 is 0 Å². The second-order valence-electron chi connectivity index (χ2n) is 5.34. The van der Waals surface area contributed by atoms with Gasteiger partial charge in [-0.05, 0) is 48.5 Å². The van der Waals surface area contributed by atoms with Crippen LogP contribution in [0.15, 0.2) is 54.6 Å². The van der Waals surface area contributed by atoms with Gasteiger partial charge < -0.3 is 19.9 Å². The first-order valence-corrected chi connectivity index (χ1v) is 7.97. The molecule has 6 nitrogen and oxygen atoms in total. The maximum atomic E-state index is 5.53. The minimum absolute atomic E-state index is 0. The van der Waals surface area contributed by atoms with Gasteiger partial charge in [-0.1, -0.05) is 0 Å². The van der Waals surface area contributed by atoms with Gasteiger partial charge in [0.25, 0.3) is 0 Å². The Kier molecular flexibility index (Phi) is 6.89. The summed E-state index contributed by atoms with van der Waals surface area (Å²) in [5.41, 5.74) is 8.31. The molecule has 0 bridgehead atoms. The van der Waals surface area contributed by atoms with E-state index in [0.717, 1.165) is 28.4 Å². The van der Waals surface area contributed by atoms with Crippen molar-refractivity contribution in [1.29, 1.82) is 0 Å². The van der Waals surface area contributed by atoms with E-state index in [2.05, 4.69) is 5.10 Å². The zero-order chi connectivity index (χ0) is 17.6. The smallest absolute Gasteiger partial charge is 0.233 e. The molecular formula is C19H22ClN3O3. The molecule has 0 atom stereocenters. The summed E-state index contributed by atoms with van der Waals surface area (Å²) in [6.07, 6.45) is 0. The fourth-order valence-electron chi connectivity index (χ4n) is 2.48. The van der Waals surface area contributed by atoms with Crippen LogP contribution in [0, 0.1) is 0 Å². The third-order valence-electron chi connectivity index (χ3n) is 3.75. The molecule has 0 spiro atoms. The van der Waals surface area contributed by atoms with Gasteiger partial charge in [0.15, 0.2) is 0 Å². The standard InChI is InChI=1S/C19H21N3O3.ClH/c1-23-16-9-5-15(6-10-16)22-18(13-19(21-22)24-2)14-3-7-17(8-4-14)25-12-11-20;/h3-10,13H,11-12,20H2,1-2H3;1H. The number of nitrogens with zero attached hydrogens (tertiary/aromatic N) is 2. The highest BCUT2D eigenvalue weighted by molar-refractivity contribution is 5.85. The predicted molar refractivity (Wildman–Crippen MR) is 104 cm³/mol. The Morgan fingerprint density at radius 1 is 0.923 bits per heavy atom. The number of methoxy groups -OCH3 is 2. The number of nitrogens with two attached hydrogens (primary N) is 1. The fraction of sp³-hybridized carbons (Fsp3) is 0.211. The van der Waals surface area contributed by atoms with E-state index in [1.807, 2.05) is 59.3 Å². The molecule has 0 saturated heterocycles. The summed E-state index contributed by atoms with van der Waals surface area (Å²) in [5.74, 6) is 2.14. The maximum absolute atomic E-state index is 5.53. The largest absolute Gasteiger partial charge is 0.497 e. The van der Waals surface area contributed by atoms with E-state index in [1.54, 1.807) is 14.2 Å².